The number of anilines is 1. The standard InChI is InChI=1S/C15H17N3O4/c1-22-14(20)16-11-5-2-4-10(8-11)9-18-13(19)12-6-3-7-17(12)15(18)21/h2,4-5,8,12H,3,6-7,9H2,1H3,(H,16,20). The summed E-state index contributed by atoms with van der Waals surface area (Å²) in [4.78, 5) is 38.7. The Balaban J connectivity index is 1.73. The van der Waals surface area contributed by atoms with Gasteiger partial charge >= 0.3 is 12.1 Å². The molecular formula is C15H17N3O4. The summed E-state index contributed by atoms with van der Waals surface area (Å²) in [6, 6.07) is 6.49. The molecule has 7 heteroatoms. The molecule has 3 rings (SSSR count). The van der Waals surface area contributed by atoms with Gasteiger partial charge in [-0.25, -0.2) is 9.59 Å². The molecule has 1 aromatic rings. The fourth-order valence-electron chi connectivity index (χ4n) is 2.93. The number of amides is 4. The van der Waals surface area contributed by atoms with E-state index in [9.17, 15) is 14.4 Å². The normalized spacial score (nSPS) is 20.3. The zero-order chi connectivity index (χ0) is 15.7. The van der Waals surface area contributed by atoms with Crippen LogP contribution in [0.5, 0.6) is 0 Å². The molecule has 116 valence electrons. The molecule has 2 saturated heterocycles. The molecule has 7 nitrogen and oxygen atoms in total. The highest BCUT2D eigenvalue weighted by Gasteiger charge is 2.47. The van der Waals surface area contributed by atoms with Crippen molar-refractivity contribution in [1.82, 2.24) is 9.80 Å². The highest BCUT2D eigenvalue weighted by molar-refractivity contribution is 6.04. The van der Waals surface area contributed by atoms with Crippen molar-refractivity contribution in [2.24, 2.45) is 0 Å². The first-order valence-electron chi connectivity index (χ1n) is 7.16. The molecule has 22 heavy (non-hydrogen) atoms. The van der Waals surface area contributed by atoms with Crippen LogP contribution >= 0.6 is 0 Å². The number of carbonyl (C=O) groups is 3. The van der Waals surface area contributed by atoms with Gasteiger partial charge in [-0.1, -0.05) is 12.1 Å². The maximum absolute atomic E-state index is 12.3. The highest BCUT2D eigenvalue weighted by atomic mass is 16.5. The number of hydrogen-bond acceptors (Lipinski definition) is 4. The van der Waals surface area contributed by atoms with E-state index >= 15 is 0 Å². The maximum atomic E-state index is 12.3. The Hall–Kier alpha value is -2.57. The summed E-state index contributed by atoms with van der Waals surface area (Å²) in [6.07, 6.45) is 1.06. The number of fused-ring (bicyclic) bond motifs is 1. The summed E-state index contributed by atoms with van der Waals surface area (Å²) in [5.41, 5.74) is 1.33. The molecule has 2 heterocycles. The Morgan fingerprint density at radius 2 is 2.23 bits per heavy atom. The number of ether oxygens (including phenoxy) is 1. The van der Waals surface area contributed by atoms with Gasteiger partial charge in [0.15, 0.2) is 0 Å². The molecule has 0 saturated carbocycles. The van der Waals surface area contributed by atoms with E-state index in [2.05, 4.69) is 10.1 Å². The number of rotatable bonds is 3. The Morgan fingerprint density at radius 3 is 2.95 bits per heavy atom. The van der Waals surface area contributed by atoms with Gasteiger partial charge < -0.3 is 9.64 Å². The Bertz CT molecular complexity index is 609. The average Bonchev–Trinajstić information content (AvgIpc) is 3.07. The third-order valence-electron chi connectivity index (χ3n) is 3.98. The topological polar surface area (TPSA) is 79.0 Å². The van der Waals surface area contributed by atoms with Gasteiger partial charge in [0.1, 0.15) is 6.04 Å². The second-order valence-corrected chi connectivity index (χ2v) is 5.38. The van der Waals surface area contributed by atoms with Crippen LogP contribution in [0.25, 0.3) is 0 Å². The van der Waals surface area contributed by atoms with E-state index in [1.54, 1.807) is 23.1 Å². The van der Waals surface area contributed by atoms with Crippen LogP contribution in [-0.2, 0) is 16.1 Å². The van der Waals surface area contributed by atoms with Gasteiger partial charge in [0, 0.05) is 12.2 Å². The fourth-order valence-corrected chi connectivity index (χ4v) is 2.93. The number of nitrogens with one attached hydrogen (secondary N) is 1. The first kappa shape index (κ1) is 14.4. The third kappa shape index (κ3) is 2.49. The molecule has 2 fully saturated rings. The smallest absolute Gasteiger partial charge is 0.411 e. The van der Waals surface area contributed by atoms with Crippen molar-refractivity contribution in [3.8, 4) is 0 Å². The summed E-state index contributed by atoms with van der Waals surface area (Å²) in [7, 11) is 1.29. The van der Waals surface area contributed by atoms with Crippen molar-refractivity contribution in [2.45, 2.75) is 25.4 Å². The van der Waals surface area contributed by atoms with Gasteiger partial charge in [-0.05, 0) is 30.5 Å². The van der Waals surface area contributed by atoms with E-state index < -0.39 is 6.09 Å². The van der Waals surface area contributed by atoms with E-state index in [0.717, 1.165) is 18.4 Å². The van der Waals surface area contributed by atoms with E-state index in [1.165, 1.54) is 12.0 Å². The van der Waals surface area contributed by atoms with E-state index in [0.29, 0.717) is 12.2 Å². The van der Waals surface area contributed by atoms with Gasteiger partial charge in [0.25, 0.3) is 5.91 Å². The summed E-state index contributed by atoms with van der Waals surface area (Å²) >= 11 is 0. The lowest BCUT2D eigenvalue weighted by molar-refractivity contribution is -0.128. The van der Waals surface area contributed by atoms with E-state index in [-0.39, 0.29) is 24.5 Å². The molecule has 1 unspecified atom stereocenters. The molecule has 1 atom stereocenters. The molecular weight excluding hydrogens is 286 g/mol. The van der Waals surface area contributed by atoms with Gasteiger partial charge in [0.05, 0.1) is 13.7 Å². The SMILES string of the molecule is COC(=O)Nc1cccc(CN2C(=O)C3CCCN3C2=O)c1. The van der Waals surface area contributed by atoms with Crippen molar-refractivity contribution in [3.05, 3.63) is 29.8 Å². The number of nitrogens with zero attached hydrogens (tertiary/aromatic N) is 2. The zero-order valence-electron chi connectivity index (χ0n) is 12.2. The second kappa shape index (κ2) is 5.67. The minimum Gasteiger partial charge on any atom is -0.453 e. The summed E-state index contributed by atoms with van der Waals surface area (Å²) in [5.74, 6) is -0.131. The maximum Gasteiger partial charge on any atom is 0.411 e. The lowest BCUT2D eigenvalue weighted by atomic mass is 10.1. The van der Waals surface area contributed by atoms with Crippen LogP contribution < -0.4 is 5.32 Å². The van der Waals surface area contributed by atoms with E-state index in [4.69, 9.17) is 0 Å². The Kier molecular flexibility index (Phi) is 3.70. The number of imide groups is 1. The van der Waals surface area contributed by atoms with Crippen LogP contribution in [0.4, 0.5) is 15.3 Å². The summed E-state index contributed by atoms with van der Waals surface area (Å²) in [5, 5.41) is 2.56. The lowest BCUT2D eigenvalue weighted by Gasteiger charge is -2.16. The number of benzene rings is 1. The number of methoxy groups -OCH3 is 1. The van der Waals surface area contributed by atoms with Crippen molar-refractivity contribution < 1.29 is 19.1 Å². The molecule has 0 aliphatic carbocycles. The monoisotopic (exact) mass is 303 g/mol. The molecule has 0 bridgehead atoms. The minimum absolute atomic E-state index is 0.131. The second-order valence-electron chi connectivity index (χ2n) is 5.38. The van der Waals surface area contributed by atoms with Crippen LogP contribution in [0.3, 0.4) is 0 Å². The molecule has 4 amide bonds. The quantitative estimate of drug-likeness (QED) is 0.863. The number of urea groups is 1. The van der Waals surface area contributed by atoms with Crippen LogP contribution in [0.1, 0.15) is 18.4 Å². The Morgan fingerprint density at radius 1 is 1.41 bits per heavy atom. The van der Waals surface area contributed by atoms with Gasteiger partial charge in [-0.3, -0.25) is 15.0 Å². The molecule has 2 aliphatic rings. The van der Waals surface area contributed by atoms with Crippen molar-refractivity contribution in [2.75, 3.05) is 19.0 Å². The lowest BCUT2D eigenvalue weighted by Crippen LogP contribution is -2.32. The van der Waals surface area contributed by atoms with Gasteiger partial charge in [0.2, 0.25) is 0 Å². The van der Waals surface area contributed by atoms with Crippen LogP contribution in [0.2, 0.25) is 0 Å². The van der Waals surface area contributed by atoms with Crippen LogP contribution in [-0.4, -0.2) is 47.5 Å². The summed E-state index contributed by atoms with van der Waals surface area (Å²) in [6.45, 7) is 0.858. The van der Waals surface area contributed by atoms with Crippen LogP contribution in [0.15, 0.2) is 24.3 Å². The first-order chi connectivity index (χ1) is 10.6. The van der Waals surface area contributed by atoms with E-state index in [1.807, 2.05) is 6.07 Å². The van der Waals surface area contributed by atoms with Crippen molar-refractivity contribution >= 4 is 23.7 Å². The number of carbonyl (C=O) groups excluding carboxylic acids is 3. The highest BCUT2D eigenvalue weighted by Crippen LogP contribution is 2.28. The number of hydrogen-bond donors (Lipinski definition) is 1. The molecule has 0 aromatic heterocycles. The van der Waals surface area contributed by atoms with Crippen molar-refractivity contribution in [1.29, 1.82) is 0 Å². The third-order valence-corrected chi connectivity index (χ3v) is 3.98. The Labute approximate surface area is 127 Å². The van der Waals surface area contributed by atoms with Gasteiger partial charge in [-0.15, -0.1) is 0 Å². The molecule has 0 radical (unpaired) electrons. The molecule has 0 spiro atoms. The molecule has 2 aliphatic heterocycles. The summed E-state index contributed by atoms with van der Waals surface area (Å²) < 4.78 is 4.54. The predicted octanol–water partition coefficient (Wildman–Crippen LogP) is 1.79. The largest absolute Gasteiger partial charge is 0.453 e. The fraction of sp³-hybridized carbons (Fsp3) is 0.400. The average molecular weight is 303 g/mol. The molecule has 1 N–H and O–H groups in total. The van der Waals surface area contributed by atoms with Crippen molar-refractivity contribution in [3.63, 3.8) is 0 Å². The first-order valence-corrected chi connectivity index (χ1v) is 7.16. The predicted molar refractivity (Wildman–Crippen MR) is 78.1 cm³/mol. The minimum atomic E-state index is -0.564. The van der Waals surface area contributed by atoms with Crippen LogP contribution in [0, 0.1) is 0 Å². The zero-order valence-corrected chi connectivity index (χ0v) is 12.2. The molecule has 1 aromatic carbocycles. The van der Waals surface area contributed by atoms with Gasteiger partial charge in [-0.2, -0.15) is 0 Å².